The van der Waals surface area contributed by atoms with Gasteiger partial charge in [-0.25, -0.2) is 0 Å². The number of rotatable bonds is 11. The number of benzene rings is 1. The highest BCUT2D eigenvalue weighted by molar-refractivity contribution is 6.01. The van der Waals surface area contributed by atoms with Crippen molar-refractivity contribution in [1.29, 1.82) is 0 Å². The lowest BCUT2D eigenvalue weighted by Crippen LogP contribution is -2.47. The molecule has 1 aromatic carbocycles. The SMILES string of the molecule is COc1cccc2c1cc(C(N)=O)n2C(CC(C)C)C(=O)NC(C[C@@H]1CCN(C(C)=O)C1=O)C(=O)CO. The fourth-order valence-electron chi connectivity index (χ4n) is 4.91. The standard InChI is InChI=1S/C26H34N4O7/c1-14(2)10-21(30-19-6-5-7-23(37-4)17(19)12-20(30)24(27)34)25(35)28-18(22(33)13-31)11-16-8-9-29(15(3)32)26(16)36/h5-7,12,14,16,18,21,31H,8-11,13H2,1-4H3,(H2,27,34)(H,28,35)/t16-,18?,21?/m0/s1. The van der Waals surface area contributed by atoms with E-state index in [0.717, 1.165) is 4.90 Å². The Morgan fingerprint density at radius 1 is 1.24 bits per heavy atom. The monoisotopic (exact) mass is 514 g/mol. The van der Waals surface area contributed by atoms with Crippen LogP contribution in [-0.2, 0) is 19.2 Å². The van der Waals surface area contributed by atoms with Crippen molar-refractivity contribution in [2.24, 2.45) is 17.6 Å². The zero-order valence-corrected chi connectivity index (χ0v) is 21.5. The molecule has 1 fully saturated rings. The van der Waals surface area contributed by atoms with Crippen LogP contribution in [0.3, 0.4) is 0 Å². The Kier molecular flexibility index (Phi) is 8.69. The van der Waals surface area contributed by atoms with Crippen LogP contribution >= 0.6 is 0 Å². The van der Waals surface area contributed by atoms with E-state index < -0.39 is 48.1 Å². The summed E-state index contributed by atoms with van der Waals surface area (Å²) in [5.74, 6) is -2.85. The lowest BCUT2D eigenvalue weighted by Gasteiger charge is -2.26. The number of methoxy groups -OCH3 is 1. The Morgan fingerprint density at radius 3 is 2.49 bits per heavy atom. The maximum absolute atomic E-state index is 13.7. The van der Waals surface area contributed by atoms with Gasteiger partial charge in [-0.15, -0.1) is 0 Å². The van der Waals surface area contributed by atoms with Gasteiger partial charge in [-0.2, -0.15) is 0 Å². The van der Waals surface area contributed by atoms with Gasteiger partial charge in [0.15, 0.2) is 5.78 Å². The van der Waals surface area contributed by atoms with Crippen LogP contribution in [0, 0.1) is 11.8 Å². The number of hydrogen-bond donors (Lipinski definition) is 3. The number of aromatic nitrogens is 1. The summed E-state index contributed by atoms with van der Waals surface area (Å²) in [5.41, 5.74) is 6.34. The van der Waals surface area contributed by atoms with Crippen LogP contribution in [0.2, 0.25) is 0 Å². The number of aliphatic hydroxyl groups excluding tert-OH is 1. The van der Waals surface area contributed by atoms with E-state index in [2.05, 4.69) is 5.32 Å². The molecule has 0 radical (unpaired) electrons. The highest BCUT2D eigenvalue weighted by Crippen LogP contribution is 2.33. The molecule has 1 aliphatic rings. The van der Waals surface area contributed by atoms with Gasteiger partial charge < -0.3 is 25.5 Å². The van der Waals surface area contributed by atoms with Crippen molar-refractivity contribution in [1.82, 2.24) is 14.8 Å². The number of carbonyl (C=O) groups is 5. The molecule has 11 nitrogen and oxygen atoms in total. The molecule has 1 aromatic heterocycles. The van der Waals surface area contributed by atoms with Crippen LogP contribution in [0.25, 0.3) is 10.9 Å². The Balaban J connectivity index is 1.99. The van der Waals surface area contributed by atoms with Crippen molar-refractivity contribution < 1.29 is 33.8 Å². The smallest absolute Gasteiger partial charge is 0.265 e. The van der Waals surface area contributed by atoms with Gasteiger partial charge in [-0.1, -0.05) is 19.9 Å². The predicted octanol–water partition coefficient (Wildman–Crippen LogP) is 1.17. The van der Waals surface area contributed by atoms with Crippen molar-refractivity contribution in [3.63, 3.8) is 0 Å². The second-order valence-electron chi connectivity index (χ2n) is 9.72. The molecule has 1 saturated heterocycles. The number of likely N-dealkylation sites (tertiary alicyclic amines) is 1. The van der Waals surface area contributed by atoms with Gasteiger partial charge in [0, 0.05) is 24.8 Å². The first-order valence-electron chi connectivity index (χ1n) is 12.2. The van der Waals surface area contributed by atoms with Crippen molar-refractivity contribution in [3.8, 4) is 5.75 Å². The highest BCUT2D eigenvalue weighted by Gasteiger charge is 2.38. The summed E-state index contributed by atoms with van der Waals surface area (Å²) < 4.78 is 6.97. The molecule has 2 heterocycles. The minimum absolute atomic E-state index is 0.0204. The number of nitrogens with one attached hydrogen (secondary N) is 1. The van der Waals surface area contributed by atoms with Gasteiger partial charge in [0.1, 0.15) is 24.1 Å². The molecule has 2 unspecified atom stereocenters. The van der Waals surface area contributed by atoms with E-state index >= 15 is 0 Å². The number of carbonyl (C=O) groups excluding carboxylic acids is 5. The van der Waals surface area contributed by atoms with Crippen LogP contribution in [0.4, 0.5) is 0 Å². The molecular weight excluding hydrogens is 480 g/mol. The van der Waals surface area contributed by atoms with Gasteiger partial charge in [0.05, 0.1) is 18.7 Å². The molecule has 200 valence electrons. The lowest BCUT2D eigenvalue weighted by atomic mass is 9.95. The number of nitrogens with two attached hydrogens (primary N) is 1. The number of aliphatic hydroxyl groups is 1. The topological polar surface area (TPSA) is 161 Å². The number of nitrogens with zero attached hydrogens (tertiary/aromatic N) is 2. The van der Waals surface area contributed by atoms with Crippen molar-refractivity contribution in [2.75, 3.05) is 20.3 Å². The van der Waals surface area contributed by atoms with E-state index in [1.807, 2.05) is 13.8 Å². The van der Waals surface area contributed by atoms with Crippen LogP contribution in [0.5, 0.6) is 5.75 Å². The summed E-state index contributed by atoms with van der Waals surface area (Å²) in [5, 5.41) is 12.9. The van der Waals surface area contributed by atoms with Gasteiger partial charge in [0.2, 0.25) is 17.7 Å². The van der Waals surface area contributed by atoms with Crippen LogP contribution in [-0.4, -0.2) is 70.3 Å². The molecule has 37 heavy (non-hydrogen) atoms. The van der Waals surface area contributed by atoms with E-state index in [0.29, 0.717) is 29.5 Å². The largest absolute Gasteiger partial charge is 0.496 e. The number of amides is 4. The first kappa shape index (κ1) is 27.9. The molecule has 4 amide bonds. The zero-order chi connectivity index (χ0) is 27.4. The van der Waals surface area contributed by atoms with E-state index in [-0.39, 0.29) is 30.5 Å². The van der Waals surface area contributed by atoms with Crippen LogP contribution in [0.1, 0.15) is 56.6 Å². The number of ketones is 1. The van der Waals surface area contributed by atoms with Gasteiger partial charge in [-0.05, 0) is 43.4 Å². The molecule has 0 spiro atoms. The number of imide groups is 1. The van der Waals surface area contributed by atoms with Crippen LogP contribution in [0.15, 0.2) is 24.3 Å². The summed E-state index contributed by atoms with van der Waals surface area (Å²) in [4.78, 5) is 64.2. The summed E-state index contributed by atoms with van der Waals surface area (Å²) in [6.07, 6.45) is 0.617. The second-order valence-corrected chi connectivity index (χ2v) is 9.72. The Bertz CT molecular complexity index is 1220. The number of primary amides is 1. The molecule has 0 aliphatic carbocycles. The number of hydrogen-bond acceptors (Lipinski definition) is 7. The predicted molar refractivity (Wildman–Crippen MR) is 135 cm³/mol. The van der Waals surface area contributed by atoms with Gasteiger partial charge in [-0.3, -0.25) is 28.9 Å². The third-order valence-corrected chi connectivity index (χ3v) is 6.70. The summed E-state index contributed by atoms with van der Waals surface area (Å²) in [6, 6.07) is 4.71. The average molecular weight is 515 g/mol. The maximum atomic E-state index is 13.7. The summed E-state index contributed by atoms with van der Waals surface area (Å²) in [7, 11) is 1.50. The molecule has 2 aromatic rings. The fourth-order valence-corrected chi connectivity index (χ4v) is 4.91. The first-order chi connectivity index (χ1) is 17.5. The Hall–Kier alpha value is -3.73. The van der Waals surface area contributed by atoms with Gasteiger partial charge >= 0.3 is 0 Å². The molecule has 11 heteroatoms. The quantitative estimate of drug-likeness (QED) is 0.405. The maximum Gasteiger partial charge on any atom is 0.265 e. The molecule has 0 bridgehead atoms. The minimum Gasteiger partial charge on any atom is -0.496 e. The molecule has 1 aliphatic heterocycles. The highest BCUT2D eigenvalue weighted by atomic mass is 16.5. The third-order valence-electron chi connectivity index (χ3n) is 6.70. The van der Waals surface area contributed by atoms with Crippen LogP contribution < -0.4 is 15.8 Å². The third kappa shape index (κ3) is 5.82. The normalized spacial score (nSPS) is 17.2. The van der Waals surface area contributed by atoms with Crippen molar-refractivity contribution in [3.05, 3.63) is 30.0 Å². The Morgan fingerprint density at radius 2 is 1.95 bits per heavy atom. The molecular formula is C26H34N4O7. The minimum atomic E-state index is -1.15. The van der Waals surface area contributed by atoms with Crippen molar-refractivity contribution >= 4 is 40.3 Å². The molecule has 0 saturated carbocycles. The molecule has 3 rings (SSSR count). The lowest BCUT2D eigenvalue weighted by molar-refractivity contribution is -0.142. The van der Waals surface area contributed by atoms with E-state index in [4.69, 9.17) is 10.5 Å². The average Bonchev–Trinajstić information content (AvgIpc) is 3.42. The molecule has 3 atom stereocenters. The fraction of sp³-hybridized carbons (Fsp3) is 0.500. The van der Waals surface area contributed by atoms with E-state index in [9.17, 15) is 29.1 Å². The molecule has 4 N–H and O–H groups in total. The number of Topliss-reactive ketones (excluding diaryl/α,β-unsaturated/α-hetero) is 1. The first-order valence-corrected chi connectivity index (χ1v) is 12.2. The summed E-state index contributed by atoms with van der Waals surface area (Å²) >= 11 is 0. The van der Waals surface area contributed by atoms with Gasteiger partial charge in [0.25, 0.3) is 5.91 Å². The number of ether oxygens (including phenoxy) is 1. The second kappa shape index (κ2) is 11.5. The van der Waals surface area contributed by atoms with E-state index in [1.165, 1.54) is 14.0 Å². The van der Waals surface area contributed by atoms with Crippen molar-refractivity contribution in [2.45, 2.75) is 52.1 Å². The zero-order valence-electron chi connectivity index (χ0n) is 21.5. The number of fused-ring (bicyclic) bond motifs is 1. The summed E-state index contributed by atoms with van der Waals surface area (Å²) in [6.45, 7) is 4.54. The van der Waals surface area contributed by atoms with E-state index in [1.54, 1.807) is 28.8 Å². The Labute approximate surface area is 214 Å².